The lowest BCUT2D eigenvalue weighted by Crippen LogP contribution is -2.15. The number of rotatable bonds is 6. The molecule has 0 amide bonds. The summed E-state index contributed by atoms with van der Waals surface area (Å²) in [4.78, 5) is 4.27. The van der Waals surface area contributed by atoms with Crippen LogP contribution in [0.4, 0.5) is 4.39 Å². The molecule has 4 aromatic rings. The van der Waals surface area contributed by atoms with E-state index in [4.69, 9.17) is 14.2 Å². The minimum Gasteiger partial charge on any atom is -0.467 e. The summed E-state index contributed by atoms with van der Waals surface area (Å²) in [6.45, 7) is 2.55. The van der Waals surface area contributed by atoms with Gasteiger partial charge in [-0.25, -0.2) is 9.37 Å². The van der Waals surface area contributed by atoms with Crippen LogP contribution in [-0.2, 0) is 29.7 Å². The highest BCUT2D eigenvalue weighted by Gasteiger charge is 2.23. The number of fused-ring (bicyclic) bond motifs is 1. The van der Waals surface area contributed by atoms with Gasteiger partial charge in [0.05, 0.1) is 43.1 Å². The van der Waals surface area contributed by atoms with Gasteiger partial charge in [-0.2, -0.15) is 5.26 Å². The third-order valence-corrected chi connectivity index (χ3v) is 6.18. The van der Waals surface area contributed by atoms with Crippen LogP contribution in [0.3, 0.4) is 0 Å². The topological polar surface area (TPSA) is 69.3 Å². The highest BCUT2D eigenvalue weighted by Crippen LogP contribution is 2.35. The molecule has 1 unspecified atom stereocenters. The number of benzene rings is 3. The fraction of sp³-hybridized carbons (Fsp3) is 0.214. The molecule has 0 spiro atoms. The first-order valence-electron chi connectivity index (χ1n) is 11.2. The van der Waals surface area contributed by atoms with Crippen LogP contribution in [0.5, 0.6) is 5.75 Å². The van der Waals surface area contributed by atoms with Gasteiger partial charge in [0.1, 0.15) is 17.7 Å². The Morgan fingerprint density at radius 3 is 2.80 bits per heavy atom. The second-order valence-corrected chi connectivity index (χ2v) is 8.52. The molecule has 1 atom stereocenters. The van der Waals surface area contributed by atoms with Gasteiger partial charge in [-0.15, -0.1) is 0 Å². The van der Waals surface area contributed by atoms with Crippen molar-refractivity contribution in [2.75, 3.05) is 6.79 Å². The Morgan fingerprint density at radius 2 is 2.03 bits per heavy atom. The van der Waals surface area contributed by atoms with Gasteiger partial charge in [-0.3, -0.25) is 0 Å². The van der Waals surface area contributed by atoms with Crippen molar-refractivity contribution in [2.45, 2.75) is 26.2 Å². The number of imidazole rings is 1. The molecule has 7 heteroatoms. The fourth-order valence-electron chi connectivity index (χ4n) is 4.43. The zero-order chi connectivity index (χ0) is 24.4. The maximum absolute atomic E-state index is 14.3. The molecule has 6 nitrogen and oxygen atoms in total. The summed E-state index contributed by atoms with van der Waals surface area (Å²) in [5.74, 6) is 0.232. The van der Waals surface area contributed by atoms with Crippen LogP contribution < -0.4 is 4.74 Å². The summed E-state index contributed by atoms with van der Waals surface area (Å²) in [5, 5.41) is 9.76. The molecule has 176 valence electrons. The molecular weight excluding hydrogens is 445 g/mol. The van der Waals surface area contributed by atoms with Crippen molar-refractivity contribution in [3.05, 3.63) is 106 Å². The molecule has 1 aliphatic heterocycles. The summed E-state index contributed by atoms with van der Waals surface area (Å²) >= 11 is 0. The molecule has 5 rings (SSSR count). The average molecular weight is 470 g/mol. The molecule has 0 bridgehead atoms. The number of hydrogen-bond acceptors (Lipinski definition) is 5. The van der Waals surface area contributed by atoms with Crippen LogP contribution >= 0.6 is 0 Å². The number of aromatic nitrogens is 2. The normalized spacial score (nSPS) is 13.5. The summed E-state index contributed by atoms with van der Waals surface area (Å²) < 4.78 is 33.6. The van der Waals surface area contributed by atoms with Gasteiger partial charge in [0.25, 0.3) is 0 Å². The second kappa shape index (κ2) is 9.71. The highest BCUT2D eigenvalue weighted by atomic mass is 19.1. The molecule has 0 fully saturated rings. The smallest absolute Gasteiger partial charge is 0.189 e. The number of nitriles is 1. The molecule has 0 radical (unpaired) electrons. The number of aryl methyl sites for hydroxylation is 2. The Hall–Kier alpha value is -3.99. The van der Waals surface area contributed by atoms with E-state index in [1.54, 1.807) is 12.5 Å². The van der Waals surface area contributed by atoms with Crippen molar-refractivity contribution in [2.24, 2.45) is 7.05 Å². The van der Waals surface area contributed by atoms with Crippen LogP contribution in [-0.4, -0.2) is 16.3 Å². The first-order chi connectivity index (χ1) is 17.0. The average Bonchev–Trinajstić information content (AvgIpc) is 3.29. The van der Waals surface area contributed by atoms with Gasteiger partial charge < -0.3 is 18.8 Å². The summed E-state index contributed by atoms with van der Waals surface area (Å²) in [6.07, 6.45) is 2.96. The minimum absolute atomic E-state index is 0.117. The molecular formula is C28H24FN3O3. The zero-order valence-electron chi connectivity index (χ0n) is 19.5. The van der Waals surface area contributed by atoms with Crippen LogP contribution in [0.2, 0.25) is 0 Å². The Labute approximate surface area is 203 Å². The van der Waals surface area contributed by atoms with Gasteiger partial charge in [0, 0.05) is 23.7 Å². The lowest BCUT2D eigenvalue weighted by molar-refractivity contribution is -0.0196. The Balaban J connectivity index is 1.55. The van der Waals surface area contributed by atoms with Gasteiger partial charge in [0.2, 0.25) is 0 Å². The van der Waals surface area contributed by atoms with Crippen LogP contribution in [0.15, 0.2) is 67.1 Å². The maximum atomic E-state index is 14.3. The van der Waals surface area contributed by atoms with Crippen molar-refractivity contribution in [3.8, 4) is 22.9 Å². The first kappa shape index (κ1) is 22.8. The largest absolute Gasteiger partial charge is 0.467 e. The number of nitrogens with zero attached hydrogens (tertiary/aromatic N) is 3. The lowest BCUT2D eigenvalue weighted by atomic mass is 9.93. The van der Waals surface area contributed by atoms with E-state index in [9.17, 15) is 9.65 Å². The van der Waals surface area contributed by atoms with E-state index in [0.29, 0.717) is 29.0 Å². The Kier molecular flexibility index (Phi) is 6.32. The van der Waals surface area contributed by atoms with Crippen LogP contribution in [0.25, 0.3) is 11.1 Å². The van der Waals surface area contributed by atoms with Gasteiger partial charge in [0.15, 0.2) is 6.79 Å². The van der Waals surface area contributed by atoms with Crippen molar-refractivity contribution in [1.82, 2.24) is 9.55 Å². The fourth-order valence-corrected chi connectivity index (χ4v) is 4.43. The summed E-state index contributed by atoms with van der Waals surface area (Å²) in [7, 11) is 1.90. The molecule has 3 aromatic carbocycles. The van der Waals surface area contributed by atoms with E-state index in [2.05, 4.69) is 11.1 Å². The quantitative estimate of drug-likeness (QED) is 0.369. The molecule has 0 saturated heterocycles. The first-order valence-corrected chi connectivity index (χ1v) is 11.2. The van der Waals surface area contributed by atoms with E-state index in [-0.39, 0.29) is 19.2 Å². The van der Waals surface area contributed by atoms with Crippen LogP contribution in [0.1, 0.15) is 39.6 Å². The lowest BCUT2D eigenvalue weighted by Gasteiger charge is -2.24. The third kappa shape index (κ3) is 4.54. The number of halogens is 1. The second-order valence-electron chi connectivity index (χ2n) is 8.52. The Bertz CT molecular complexity index is 1420. The summed E-state index contributed by atoms with van der Waals surface area (Å²) in [5.41, 5.74) is 6.45. The molecule has 0 aliphatic carbocycles. The maximum Gasteiger partial charge on any atom is 0.189 e. The molecule has 1 aliphatic rings. The van der Waals surface area contributed by atoms with Crippen molar-refractivity contribution < 1.29 is 18.6 Å². The summed E-state index contributed by atoms with van der Waals surface area (Å²) in [6, 6.07) is 18.8. The predicted molar refractivity (Wildman–Crippen MR) is 128 cm³/mol. The van der Waals surface area contributed by atoms with E-state index < -0.39 is 6.10 Å². The molecule has 1 aromatic heterocycles. The standard InChI is InChI=1S/C28H24FN3O3/c1-18-5-3-4-6-24(18)25-11-19(7-8-20(25)12-30)28(26-13-31-16-32(26)2)34-15-22-10-23(29)9-21-14-33-17-35-27(21)22/h3-11,13,16,28H,14-15,17H2,1-2H3. The highest BCUT2D eigenvalue weighted by molar-refractivity contribution is 5.74. The zero-order valence-corrected chi connectivity index (χ0v) is 19.5. The van der Waals surface area contributed by atoms with Crippen molar-refractivity contribution in [3.63, 3.8) is 0 Å². The SMILES string of the molecule is Cc1ccccc1-c1cc(C(OCc2cc(F)cc3c2OCOC3)c2cncn2C)ccc1C#N. The van der Waals surface area contributed by atoms with E-state index >= 15 is 0 Å². The van der Waals surface area contributed by atoms with Gasteiger partial charge in [-0.1, -0.05) is 30.3 Å². The third-order valence-electron chi connectivity index (χ3n) is 6.18. The number of ether oxygens (including phenoxy) is 3. The monoisotopic (exact) mass is 469 g/mol. The minimum atomic E-state index is -0.503. The van der Waals surface area contributed by atoms with Gasteiger partial charge >= 0.3 is 0 Å². The predicted octanol–water partition coefficient (Wildman–Crippen LogP) is 5.58. The molecule has 0 saturated carbocycles. The van der Waals surface area contributed by atoms with Crippen LogP contribution in [0, 0.1) is 24.1 Å². The van der Waals surface area contributed by atoms with Crippen molar-refractivity contribution >= 4 is 0 Å². The van der Waals surface area contributed by atoms with E-state index in [0.717, 1.165) is 27.9 Å². The van der Waals surface area contributed by atoms with E-state index in [1.165, 1.54) is 12.1 Å². The molecule has 2 heterocycles. The number of hydrogen-bond donors (Lipinski definition) is 0. The van der Waals surface area contributed by atoms with E-state index in [1.807, 2.05) is 61.0 Å². The molecule has 0 N–H and O–H groups in total. The Morgan fingerprint density at radius 1 is 1.17 bits per heavy atom. The van der Waals surface area contributed by atoms with Gasteiger partial charge in [-0.05, 0) is 47.9 Å². The molecule has 35 heavy (non-hydrogen) atoms. The van der Waals surface area contributed by atoms with Crippen molar-refractivity contribution in [1.29, 1.82) is 5.26 Å².